The van der Waals surface area contributed by atoms with Crippen LogP contribution < -0.4 is 9.64 Å². The van der Waals surface area contributed by atoms with Crippen LogP contribution in [0.2, 0.25) is 0 Å². The number of nitrogens with zero attached hydrogens (tertiary/aromatic N) is 5. The van der Waals surface area contributed by atoms with Crippen molar-refractivity contribution in [2.45, 2.75) is 18.4 Å². The first kappa shape index (κ1) is 23.9. The third kappa shape index (κ3) is 5.46. The minimum atomic E-state index is -1.03. The molecule has 1 aliphatic heterocycles. The van der Waals surface area contributed by atoms with E-state index in [4.69, 9.17) is 4.74 Å². The molecule has 1 atom stereocenters. The van der Waals surface area contributed by atoms with Gasteiger partial charge in [0.25, 0.3) is 5.91 Å². The zero-order valence-corrected chi connectivity index (χ0v) is 20.1. The van der Waals surface area contributed by atoms with Gasteiger partial charge in [0.2, 0.25) is 0 Å². The monoisotopic (exact) mass is 463 g/mol. The Bertz CT molecular complexity index is 1130. The summed E-state index contributed by atoms with van der Waals surface area (Å²) in [6.07, 6.45) is 6.78. The number of likely N-dealkylation sites (N-methyl/N-ethyl adjacent to an activating group) is 2. The number of aliphatic hydroxyl groups is 1. The molecular weight excluding hydrogens is 430 g/mol. The molecule has 2 aromatic heterocycles. The van der Waals surface area contributed by atoms with Crippen molar-refractivity contribution >= 4 is 22.5 Å². The number of pyridine rings is 2. The molecule has 8 heteroatoms. The molecule has 8 nitrogen and oxygen atoms in total. The number of para-hydroxylation sites is 1. The van der Waals surface area contributed by atoms with Crippen molar-refractivity contribution in [3.63, 3.8) is 0 Å². The van der Waals surface area contributed by atoms with Crippen molar-refractivity contribution in [1.82, 2.24) is 19.8 Å². The second kappa shape index (κ2) is 10.4. The van der Waals surface area contributed by atoms with Crippen LogP contribution >= 0.6 is 0 Å². The van der Waals surface area contributed by atoms with Crippen molar-refractivity contribution in [2.75, 3.05) is 58.8 Å². The number of β-amino-alcohol motifs (C(OH)–C–C–N with tert-alkyl or cyclic N) is 1. The second-order valence-electron chi connectivity index (χ2n) is 9.28. The van der Waals surface area contributed by atoms with E-state index in [1.165, 1.54) is 0 Å². The average molecular weight is 464 g/mol. The number of aromatic nitrogens is 2. The van der Waals surface area contributed by atoms with Gasteiger partial charge < -0.3 is 24.5 Å². The standard InChI is InChI=1S/C26H33N5O3/c1-29(2)15-16-34-24-8-5-4-7-20(24)25(32)30(3)18-26(33)11-6-14-31(19-26)23-10-13-28-22-9-12-27-17-21(22)23/h4-5,7-10,12-13,17,33H,6,11,14-16,18-19H2,1-3H3/t26-/m1/s1. The van der Waals surface area contributed by atoms with Crippen LogP contribution in [0.15, 0.2) is 55.0 Å². The molecule has 1 fully saturated rings. The molecule has 1 amide bonds. The van der Waals surface area contributed by atoms with Crippen molar-refractivity contribution < 1.29 is 14.6 Å². The van der Waals surface area contributed by atoms with Crippen molar-refractivity contribution in [1.29, 1.82) is 0 Å². The zero-order chi connectivity index (χ0) is 24.1. The van der Waals surface area contributed by atoms with Crippen LogP contribution in [0.3, 0.4) is 0 Å². The number of amides is 1. The molecule has 4 rings (SSSR count). The summed E-state index contributed by atoms with van der Waals surface area (Å²) in [6, 6.07) is 11.1. The predicted octanol–water partition coefficient (Wildman–Crippen LogP) is 2.67. The number of rotatable bonds is 8. The number of fused-ring (bicyclic) bond motifs is 1. The lowest BCUT2D eigenvalue weighted by molar-refractivity contribution is -0.0000325. The van der Waals surface area contributed by atoms with E-state index in [0.29, 0.717) is 30.9 Å². The Morgan fingerprint density at radius 3 is 2.82 bits per heavy atom. The lowest BCUT2D eigenvalue weighted by atomic mass is 9.91. The van der Waals surface area contributed by atoms with Gasteiger partial charge in [0, 0.05) is 56.3 Å². The number of benzene rings is 1. The van der Waals surface area contributed by atoms with Gasteiger partial charge in [-0.05, 0) is 51.2 Å². The highest BCUT2D eigenvalue weighted by Gasteiger charge is 2.36. The Balaban J connectivity index is 1.47. The molecule has 0 saturated carbocycles. The molecule has 0 radical (unpaired) electrons. The van der Waals surface area contributed by atoms with Crippen LogP contribution in [-0.4, -0.2) is 90.3 Å². The lowest BCUT2D eigenvalue weighted by Crippen LogP contribution is -2.54. The van der Waals surface area contributed by atoms with Gasteiger partial charge in [-0.1, -0.05) is 12.1 Å². The summed E-state index contributed by atoms with van der Waals surface area (Å²) in [5.41, 5.74) is 1.36. The summed E-state index contributed by atoms with van der Waals surface area (Å²) in [5.74, 6) is 0.402. The summed E-state index contributed by atoms with van der Waals surface area (Å²) in [7, 11) is 5.70. The third-order valence-electron chi connectivity index (χ3n) is 6.21. The van der Waals surface area contributed by atoms with Gasteiger partial charge in [0.15, 0.2) is 0 Å². The van der Waals surface area contributed by atoms with Crippen LogP contribution in [0.1, 0.15) is 23.2 Å². The molecule has 3 aromatic rings. The average Bonchev–Trinajstić information content (AvgIpc) is 2.83. The minimum absolute atomic E-state index is 0.162. The van der Waals surface area contributed by atoms with E-state index in [1.54, 1.807) is 30.4 Å². The largest absolute Gasteiger partial charge is 0.491 e. The Hall–Kier alpha value is -3.23. The molecule has 0 aliphatic carbocycles. The van der Waals surface area contributed by atoms with Gasteiger partial charge in [-0.3, -0.25) is 14.8 Å². The summed E-state index contributed by atoms with van der Waals surface area (Å²) in [4.78, 5) is 27.8. The smallest absolute Gasteiger partial charge is 0.257 e. The molecule has 1 N–H and O–H groups in total. The molecule has 34 heavy (non-hydrogen) atoms. The fourth-order valence-electron chi connectivity index (χ4n) is 4.52. The maximum atomic E-state index is 13.3. The van der Waals surface area contributed by atoms with Crippen molar-refractivity contribution in [2.24, 2.45) is 0 Å². The number of anilines is 1. The van der Waals surface area contributed by atoms with Gasteiger partial charge in [-0.2, -0.15) is 0 Å². The molecular formula is C26H33N5O3. The number of hydrogen-bond acceptors (Lipinski definition) is 7. The Kier molecular flexibility index (Phi) is 7.29. The van der Waals surface area contributed by atoms with Crippen LogP contribution in [-0.2, 0) is 0 Å². The first-order chi connectivity index (χ1) is 16.4. The fourth-order valence-corrected chi connectivity index (χ4v) is 4.52. The van der Waals surface area contributed by atoms with Gasteiger partial charge >= 0.3 is 0 Å². The van der Waals surface area contributed by atoms with E-state index in [-0.39, 0.29) is 12.5 Å². The number of piperidine rings is 1. The third-order valence-corrected chi connectivity index (χ3v) is 6.21. The SMILES string of the molecule is CN(C)CCOc1ccccc1C(=O)N(C)C[C@]1(O)CCCN(c2ccnc3ccncc23)C1. The molecule has 0 bridgehead atoms. The molecule has 1 aromatic carbocycles. The van der Waals surface area contributed by atoms with Crippen molar-refractivity contribution in [3.8, 4) is 5.75 Å². The molecule has 1 aliphatic rings. The highest BCUT2D eigenvalue weighted by atomic mass is 16.5. The van der Waals surface area contributed by atoms with E-state index >= 15 is 0 Å². The molecule has 0 spiro atoms. The van der Waals surface area contributed by atoms with Crippen molar-refractivity contribution in [3.05, 3.63) is 60.6 Å². The maximum Gasteiger partial charge on any atom is 0.257 e. The number of hydrogen-bond donors (Lipinski definition) is 1. The Morgan fingerprint density at radius 2 is 2.00 bits per heavy atom. The van der Waals surface area contributed by atoms with E-state index in [0.717, 1.165) is 36.1 Å². The molecule has 0 unspecified atom stereocenters. The lowest BCUT2D eigenvalue weighted by Gasteiger charge is -2.42. The number of carbonyl (C=O) groups is 1. The Morgan fingerprint density at radius 1 is 1.18 bits per heavy atom. The van der Waals surface area contributed by atoms with E-state index in [2.05, 4.69) is 14.9 Å². The van der Waals surface area contributed by atoms with E-state index in [1.807, 2.05) is 55.5 Å². The summed E-state index contributed by atoms with van der Waals surface area (Å²) in [5, 5.41) is 12.5. The molecule has 3 heterocycles. The highest BCUT2D eigenvalue weighted by Crippen LogP contribution is 2.31. The topological polar surface area (TPSA) is 82.0 Å². The van der Waals surface area contributed by atoms with Gasteiger partial charge in [-0.25, -0.2) is 0 Å². The van der Waals surface area contributed by atoms with E-state index < -0.39 is 5.60 Å². The fraction of sp³-hybridized carbons (Fsp3) is 0.423. The van der Waals surface area contributed by atoms with Gasteiger partial charge in [0.05, 0.1) is 23.2 Å². The quantitative estimate of drug-likeness (QED) is 0.550. The van der Waals surface area contributed by atoms with Crippen LogP contribution in [0, 0.1) is 0 Å². The van der Waals surface area contributed by atoms with Crippen LogP contribution in [0.25, 0.3) is 10.9 Å². The zero-order valence-electron chi connectivity index (χ0n) is 20.1. The molecule has 180 valence electrons. The van der Waals surface area contributed by atoms with Crippen LogP contribution in [0.4, 0.5) is 5.69 Å². The second-order valence-corrected chi connectivity index (χ2v) is 9.28. The maximum absolute atomic E-state index is 13.3. The molecule has 1 saturated heterocycles. The summed E-state index contributed by atoms with van der Waals surface area (Å²) < 4.78 is 5.88. The highest BCUT2D eigenvalue weighted by molar-refractivity contribution is 5.97. The first-order valence-electron chi connectivity index (χ1n) is 11.6. The number of carbonyl (C=O) groups excluding carboxylic acids is 1. The van der Waals surface area contributed by atoms with Crippen LogP contribution in [0.5, 0.6) is 5.75 Å². The first-order valence-corrected chi connectivity index (χ1v) is 11.6. The minimum Gasteiger partial charge on any atom is -0.491 e. The Labute approximate surface area is 200 Å². The van der Waals surface area contributed by atoms with Gasteiger partial charge in [0.1, 0.15) is 12.4 Å². The van der Waals surface area contributed by atoms with E-state index in [9.17, 15) is 9.90 Å². The van der Waals surface area contributed by atoms with Gasteiger partial charge in [-0.15, -0.1) is 0 Å². The number of ether oxygens (including phenoxy) is 1. The summed E-state index contributed by atoms with van der Waals surface area (Å²) in [6.45, 7) is 2.74. The summed E-state index contributed by atoms with van der Waals surface area (Å²) >= 11 is 0. The normalized spacial score (nSPS) is 18.3. The predicted molar refractivity (Wildman–Crippen MR) is 133 cm³/mol.